The molecule has 0 rings (SSSR count). The van der Waals surface area contributed by atoms with Gasteiger partial charge in [-0.2, -0.15) is 0 Å². The molecule has 0 spiro atoms. The minimum atomic E-state index is -0.334. The second kappa shape index (κ2) is 49.6. The molecule has 0 bridgehead atoms. The smallest absolute Gasteiger partial charge is 0.162 e. The molecule has 17 heteroatoms. The Morgan fingerprint density at radius 3 is 0.866 bits per heavy atom. The molecule has 0 saturated carbocycles. The van der Waals surface area contributed by atoms with E-state index in [1.165, 1.54) is 0 Å². The Morgan fingerprint density at radius 2 is 0.608 bits per heavy atom. The van der Waals surface area contributed by atoms with Gasteiger partial charge in [0, 0.05) is 174 Å². The van der Waals surface area contributed by atoms with Crippen LogP contribution in [0, 0.1) is 43.3 Å². The van der Waals surface area contributed by atoms with E-state index in [2.05, 4.69) is 178 Å². The van der Waals surface area contributed by atoms with Crippen LogP contribution < -0.4 is 31.9 Å². The summed E-state index contributed by atoms with van der Waals surface area (Å²) in [5.74, 6) is 0.832. The Hall–Kier alpha value is -4.94. The number of ketones is 6. The highest BCUT2D eigenvalue weighted by Crippen LogP contribution is 2.29. The van der Waals surface area contributed by atoms with Gasteiger partial charge in [-0.25, -0.2) is 0 Å². The molecule has 0 saturated heterocycles. The highest BCUT2D eigenvalue weighted by atomic mass is 16.5. The Bertz CT molecular complexity index is 2430. The lowest BCUT2D eigenvalue weighted by atomic mass is 9.85. The molecule has 0 amide bonds. The van der Waals surface area contributed by atoms with Crippen molar-refractivity contribution in [2.45, 2.75) is 247 Å². The summed E-state index contributed by atoms with van der Waals surface area (Å²) in [6.07, 6.45) is 12.3. The van der Waals surface area contributed by atoms with E-state index < -0.39 is 0 Å². The van der Waals surface area contributed by atoms with Crippen LogP contribution in [0.3, 0.4) is 0 Å². The van der Waals surface area contributed by atoms with Gasteiger partial charge in [-0.05, 0) is 121 Å². The van der Waals surface area contributed by atoms with E-state index in [9.17, 15) is 28.8 Å². The Kier molecular flexibility index (Phi) is 52.7. The van der Waals surface area contributed by atoms with Crippen LogP contribution in [-0.2, 0) is 38.2 Å². The van der Waals surface area contributed by atoms with Crippen LogP contribution in [0.15, 0.2) is 70.6 Å². The first kappa shape index (κ1) is 103. The van der Waals surface area contributed by atoms with Gasteiger partial charge < -0.3 is 56.1 Å². The summed E-state index contributed by atoms with van der Waals surface area (Å²) in [4.78, 5) is 76.3. The van der Waals surface area contributed by atoms with Crippen molar-refractivity contribution in [3.63, 3.8) is 0 Å². The van der Waals surface area contributed by atoms with Crippen molar-refractivity contribution in [3.8, 4) is 0 Å². The predicted octanol–water partition coefficient (Wildman–Crippen LogP) is 15.0. The fourth-order valence-corrected chi connectivity index (χ4v) is 7.52. The number of ether oxygens (including phenoxy) is 2. The number of carbonyl (C=O) groups is 6. The molecule has 0 aliphatic carbocycles. The number of methoxy groups -OCH3 is 2. The quantitative estimate of drug-likeness (QED) is 0.0282. The summed E-state index contributed by atoms with van der Waals surface area (Å²) in [6, 6.07) is 0. The molecule has 0 aromatic heterocycles. The van der Waals surface area contributed by atoms with Gasteiger partial charge in [-0.1, -0.05) is 180 Å². The van der Waals surface area contributed by atoms with Crippen molar-refractivity contribution in [1.82, 2.24) is 46.6 Å². The highest BCUT2D eigenvalue weighted by Gasteiger charge is 2.28. The fourth-order valence-electron chi connectivity index (χ4n) is 7.52. The maximum atomic E-state index is 12.1. The van der Waals surface area contributed by atoms with Crippen molar-refractivity contribution in [2.24, 2.45) is 43.3 Å². The zero-order chi connectivity index (χ0) is 78.0. The van der Waals surface area contributed by atoms with E-state index in [1.807, 2.05) is 111 Å². The predicted molar refractivity (Wildman–Crippen MR) is 418 cm³/mol. The van der Waals surface area contributed by atoms with Crippen LogP contribution in [0.1, 0.15) is 241 Å². The van der Waals surface area contributed by atoms with Gasteiger partial charge in [0.2, 0.25) is 0 Å². The molecular formula is C80H157N9O8. The van der Waals surface area contributed by atoms with Crippen LogP contribution in [0.5, 0.6) is 0 Å². The molecule has 570 valence electrons. The minimum absolute atomic E-state index is 0.0287. The lowest BCUT2D eigenvalue weighted by Crippen LogP contribution is -2.34. The average molecular weight is 1370 g/mol. The van der Waals surface area contributed by atoms with Gasteiger partial charge in [-0.15, -0.1) is 0 Å². The molecule has 0 aliphatic rings. The van der Waals surface area contributed by atoms with Crippen molar-refractivity contribution in [3.05, 3.63) is 70.6 Å². The van der Waals surface area contributed by atoms with E-state index >= 15 is 0 Å². The monoisotopic (exact) mass is 1370 g/mol. The summed E-state index contributed by atoms with van der Waals surface area (Å²) in [6.45, 7) is 76.9. The Balaban J connectivity index is -0.000000258. The van der Waals surface area contributed by atoms with Gasteiger partial charge in [-0.3, -0.25) is 28.8 Å². The molecule has 97 heavy (non-hydrogen) atoms. The number of allylic oxidation sites excluding steroid dienone is 12. The van der Waals surface area contributed by atoms with E-state index in [-0.39, 0.29) is 83.6 Å². The topological polar surface area (TPSA) is 203 Å². The van der Waals surface area contributed by atoms with Gasteiger partial charge in [0.1, 0.15) is 0 Å². The summed E-state index contributed by atoms with van der Waals surface area (Å²) >= 11 is 0. The maximum Gasteiger partial charge on any atom is 0.162 e. The number of hydrogen-bond acceptors (Lipinski definition) is 17. The summed E-state index contributed by atoms with van der Waals surface area (Å²) in [7, 11) is 11.6. The molecule has 0 atom stereocenters. The lowest BCUT2D eigenvalue weighted by Gasteiger charge is -2.26. The van der Waals surface area contributed by atoms with Gasteiger partial charge in [0.05, 0.1) is 6.61 Å². The summed E-state index contributed by atoms with van der Waals surface area (Å²) in [5, 5.41) is 19.9. The number of rotatable bonds is 31. The molecule has 0 aromatic carbocycles. The zero-order valence-corrected chi connectivity index (χ0v) is 70.5. The lowest BCUT2D eigenvalue weighted by molar-refractivity contribution is -0.122. The van der Waals surface area contributed by atoms with Gasteiger partial charge >= 0.3 is 0 Å². The van der Waals surface area contributed by atoms with Crippen LogP contribution in [-0.4, -0.2) is 176 Å². The first-order chi connectivity index (χ1) is 43.5. The number of hydrogen-bond donors (Lipinski definition) is 6. The fraction of sp³-hybridized carbons (Fsp3) is 0.775. The second-order valence-electron chi connectivity index (χ2n) is 34.9. The third kappa shape index (κ3) is 64.2. The number of nitrogens with one attached hydrogen (secondary N) is 6. The molecule has 0 unspecified atom stereocenters. The van der Waals surface area contributed by atoms with Crippen molar-refractivity contribution >= 4 is 34.7 Å². The van der Waals surface area contributed by atoms with Crippen LogP contribution in [0.4, 0.5) is 0 Å². The molecule has 0 aromatic rings. The van der Waals surface area contributed by atoms with Crippen molar-refractivity contribution in [2.75, 3.05) is 121 Å². The third-order valence-electron chi connectivity index (χ3n) is 13.9. The molecule has 0 heterocycles. The van der Waals surface area contributed by atoms with E-state index in [1.54, 1.807) is 64.5 Å². The van der Waals surface area contributed by atoms with Crippen LogP contribution in [0.2, 0.25) is 0 Å². The average Bonchev–Trinajstić information content (AvgIpc) is 0.898. The number of carbonyl (C=O) groups excluding carboxylic acids is 6. The van der Waals surface area contributed by atoms with Crippen LogP contribution >= 0.6 is 0 Å². The van der Waals surface area contributed by atoms with E-state index in [0.29, 0.717) is 6.61 Å². The first-order valence-electron chi connectivity index (χ1n) is 35.4. The zero-order valence-electron chi connectivity index (χ0n) is 70.5. The summed E-state index contributed by atoms with van der Waals surface area (Å²) in [5.41, 5.74) is 4.45. The molecular weight excluding hydrogens is 1210 g/mol. The second-order valence-corrected chi connectivity index (χ2v) is 34.9. The Morgan fingerprint density at radius 1 is 0.330 bits per heavy atom. The molecule has 0 fully saturated rings. The highest BCUT2D eigenvalue weighted by molar-refractivity contribution is 5.96. The summed E-state index contributed by atoms with van der Waals surface area (Å²) < 4.78 is 10.0. The van der Waals surface area contributed by atoms with Gasteiger partial charge in [0.25, 0.3) is 0 Å². The molecule has 0 radical (unpaired) electrons. The van der Waals surface area contributed by atoms with E-state index in [4.69, 9.17) is 9.47 Å². The van der Waals surface area contributed by atoms with Gasteiger partial charge in [0.15, 0.2) is 34.7 Å². The normalized spacial score (nSPS) is 13.4. The molecule has 6 N–H and O–H groups in total. The van der Waals surface area contributed by atoms with Crippen LogP contribution in [0.25, 0.3) is 0 Å². The molecule has 17 nitrogen and oxygen atoms in total. The van der Waals surface area contributed by atoms with Crippen molar-refractivity contribution < 1.29 is 38.2 Å². The Labute approximate surface area is 598 Å². The number of likely N-dealkylation sites (N-methyl/N-ethyl adjacent to an activating group) is 2. The standard InChI is InChI=1S/C16H32N2O.C15H30N2O.C15H29NO2.C14H27NO2.C11H22N2O.C9H17NO/c1-15(2,3)13(12-14(19)16(4,5)6)17-10-9-11-18(7)8;1-14(2,3)12(16-9-10-17(7)8)11-13(18)15(4,5)6;1-14(2,3)12(16-9-8-10-18-7)11-13(17)15(4,5)6;1-13(2,3)11(15-8-9-17-7)10-12(16)14(4,5)6;1-5-13(6-2)8-7-12-10(3)9-11(4)14;1-7(6-8(2)11)10-9(3,4)5/h12,17H,9-11H2,1-8H3;11,16H,9-10H2,1-8H3;11,16H,8-10H2,1-7H3;10,15H,8-9H2,1-7H3;9,12H,5-8H2,1-4H3;6,10H,1-5H3/b13-12-;2*12-11-;11-10-;10-9-;7-6-. The van der Waals surface area contributed by atoms with Crippen molar-refractivity contribution in [1.29, 1.82) is 0 Å². The first-order valence-corrected chi connectivity index (χ1v) is 35.4. The maximum absolute atomic E-state index is 12.1. The number of nitrogens with zero attached hydrogens (tertiary/aromatic N) is 3. The minimum Gasteiger partial charge on any atom is -0.388 e. The molecule has 0 aliphatic heterocycles. The SMILES string of the molecule is CC(=O)/C=C(/C)NC(C)(C)C.CCN(CC)CCN/C(C)=C\C(C)=O.CN(C)CCCN/C(=C\C(=O)C(C)(C)C)C(C)(C)C.CN(C)CCN/C(=C\C(=O)C(C)(C)C)C(C)(C)C.COCCCN/C(=C\C(=O)C(C)(C)C)C(C)(C)C.COCCN/C(=C\C(=O)C(C)(C)C)C(C)(C)C. The largest absolute Gasteiger partial charge is 0.388 e. The van der Waals surface area contributed by atoms with E-state index in [0.717, 1.165) is 119 Å². The third-order valence-corrected chi connectivity index (χ3v) is 13.9.